The average molecular weight is 485 g/mol. The fourth-order valence-corrected chi connectivity index (χ4v) is 4.80. The summed E-state index contributed by atoms with van der Waals surface area (Å²) in [5, 5.41) is 3.28. The standard InChI is InChI=1S/C24H28ClF3N2O3/c1-15-19(23(31)29-17-5-3-2-4-6-17)12-22(30(15)13-18-14-32-9-10-33-18)20-11-16(24(26,27)28)7-8-21(20)25/h7-8,11-12,17-18H,2-6,9-10,13-14H2,1H3,(H,29,31). The van der Waals surface area contributed by atoms with Gasteiger partial charge in [0.2, 0.25) is 0 Å². The molecule has 180 valence electrons. The summed E-state index contributed by atoms with van der Waals surface area (Å²) in [5.74, 6) is -0.219. The van der Waals surface area contributed by atoms with Gasteiger partial charge in [0.05, 0.1) is 49.3 Å². The lowest BCUT2D eigenvalue weighted by Gasteiger charge is -2.25. The minimum absolute atomic E-state index is 0.115. The zero-order valence-corrected chi connectivity index (χ0v) is 19.3. The third-order valence-corrected chi connectivity index (χ3v) is 6.72. The van der Waals surface area contributed by atoms with Crippen molar-refractivity contribution in [3.63, 3.8) is 0 Å². The van der Waals surface area contributed by atoms with Gasteiger partial charge in [0.25, 0.3) is 5.91 Å². The Bertz CT molecular complexity index is 994. The second-order valence-electron chi connectivity index (χ2n) is 8.71. The van der Waals surface area contributed by atoms with Crippen molar-refractivity contribution >= 4 is 17.5 Å². The van der Waals surface area contributed by atoms with Gasteiger partial charge in [-0.2, -0.15) is 13.2 Å². The van der Waals surface area contributed by atoms with Crippen molar-refractivity contribution in [3.05, 3.63) is 46.1 Å². The van der Waals surface area contributed by atoms with Gasteiger partial charge < -0.3 is 19.4 Å². The number of nitrogens with one attached hydrogen (secondary N) is 1. The monoisotopic (exact) mass is 484 g/mol. The third-order valence-electron chi connectivity index (χ3n) is 6.39. The molecule has 33 heavy (non-hydrogen) atoms. The topological polar surface area (TPSA) is 52.5 Å². The minimum atomic E-state index is -4.51. The smallest absolute Gasteiger partial charge is 0.376 e. The predicted molar refractivity (Wildman–Crippen MR) is 120 cm³/mol. The van der Waals surface area contributed by atoms with Crippen LogP contribution in [0.25, 0.3) is 11.3 Å². The lowest BCUT2D eigenvalue weighted by atomic mass is 9.95. The zero-order valence-electron chi connectivity index (χ0n) is 18.5. The van der Waals surface area contributed by atoms with E-state index in [9.17, 15) is 18.0 Å². The van der Waals surface area contributed by atoms with Crippen molar-refractivity contribution in [2.45, 2.75) is 63.9 Å². The maximum Gasteiger partial charge on any atom is 0.416 e. The van der Waals surface area contributed by atoms with Crippen LogP contribution in [0.5, 0.6) is 0 Å². The van der Waals surface area contributed by atoms with Crippen LogP contribution >= 0.6 is 11.6 Å². The Morgan fingerprint density at radius 2 is 1.94 bits per heavy atom. The number of aromatic nitrogens is 1. The largest absolute Gasteiger partial charge is 0.416 e. The van der Waals surface area contributed by atoms with Crippen LogP contribution in [-0.4, -0.2) is 42.4 Å². The molecule has 5 nitrogen and oxygen atoms in total. The first-order chi connectivity index (χ1) is 15.7. The van der Waals surface area contributed by atoms with E-state index in [0.29, 0.717) is 43.3 Å². The Kier molecular flexibility index (Phi) is 7.36. The highest BCUT2D eigenvalue weighted by atomic mass is 35.5. The van der Waals surface area contributed by atoms with Crippen LogP contribution in [0, 0.1) is 6.92 Å². The molecule has 1 aromatic carbocycles. The molecule has 1 aliphatic heterocycles. The van der Waals surface area contributed by atoms with Crippen molar-refractivity contribution in [3.8, 4) is 11.3 Å². The Labute approximate surface area is 196 Å². The van der Waals surface area contributed by atoms with E-state index in [1.54, 1.807) is 13.0 Å². The molecule has 1 aromatic heterocycles. The second kappa shape index (κ2) is 10.1. The molecule has 1 atom stereocenters. The molecule has 2 aromatic rings. The number of amides is 1. The van der Waals surface area contributed by atoms with E-state index in [1.165, 1.54) is 12.5 Å². The molecule has 9 heteroatoms. The lowest BCUT2D eigenvalue weighted by molar-refractivity contribution is -0.137. The number of hydrogen-bond acceptors (Lipinski definition) is 3. The Balaban J connectivity index is 1.73. The molecule has 0 radical (unpaired) electrons. The minimum Gasteiger partial charge on any atom is -0.376 e. The molecule has 4 rings (SSSR count). The Hall–Kier alpha value is -2.03. The number of nitrogens with zero attached hydrogens (tertiary/aromatic N) is 1. The molecule has 0 bridgehead atoms. The summed E-state index contributed by atoms with van der Waals surface area (Å²) in [4.78, 5) is 13.1. The zero-order chi connectivity index (χ0) is 23.6. The number of carbonyl (C=O) groups is 1. The highest BCUT2D eigenvalue weighted by Gasteiger charge is 2.32. The number of carbonyl (C=O) groups excluding carboxylic acids is 1. The van der Waals surface area contributed by atoms with E-state index < -0.39 is 11.7 Å². The molecular weight excluding hydrogens is 457 g/mol. The molecular formula is C24H28ClF3N2O3. The number of hydrogen-bond donors (Lipinski definition) is 1. The summed E-state index contributed by atoms with van der Waals surface area (Å²) >= 11 is 6.36. The third kappa shape index (κ3) is 5.55. The fraction of sp³-hybridized carbons (Fsp3) is 0.542. The highest BCUT2D eigenvalue weighted by molar-refractivity contribution is 6.33. The Morgan fingerprint density at radius 3 is 2.61 bits per heavy atom. The molecule has 1 saturated carbocycles. The van der Waals surface area contributed by atoms with E-state index in [2.05, 4.69) is 5.32 Å². The first-order valence-electron chi connectivity index (χ1n) is 11.3. The van der Waals surface area contributed by atoms with Gasteiger partial charge in [0.15, 0.2) is 0 Å². The van der Waals surface area contributed by atoms with Crippen LogP contribution < -0.4 is 5.32 Å². The van der Waals surface area contributed by atoms with Crippen LogP contribution in [0.1, 0.15) is 53.7 Å². The van der Waals surface area contributed by atoms with Gasteiger partial charge in [-0.25, -0.2) is 0 Å². The Morgan fingerprint density at radius 1 is 1.18 bits per heavy atom. The SMILES string of the molecule is Cc1c(C(=O)NC2CCCCC2)cc(-c2cc(C(F)(F)F)ccc2Cl)n1CC1COCCO1. The molecule has 2 fully saturated rings. The highest BCUT2D eigenvalue weighted by Crippen LogP contribution is 2.37. The van der Waals surface area contributed by atoms with Crippen molar-refractivity contribution in [2.75, 3.05) is 19.8 Å². The molecule has 1 unspecified atom stereocenters. The molecule has 0 spiro atoms. The molecule has 2 aliphatic rings. The maximum atomic E-state index is 13.4. The van der Waals surface area contributed by atoms with Gasteiger partial charge in [-0.05, 0) is 44.0 Å². The van der Waals surface area contributed by atoms with E-state index in [1.807, 2.05) is 4.57 Å². The molecule has 1 saturated heterocycles. The first-order valence-corrected chi connectivity index (χ1v) is 11.7. The normalized spacial score (nSPS) is 20.1. The number of halogens is 4. The van der Waals surface area contributed by atoms with Crippen LogP contribution in [0.2, 0.25) is 5.02 Å². The number of rotatable bonds is 5. The van der Waals surface area contributed by atoms with Gasteiger partial charge in [-0.15, -0.1) is 0 Å². The van der Waals surface area contributed by atoms with E-state index in [4.69, 9.17) is 21.1 Å². The summed E-state index contributed by atoms with van der Waals surface area (Å²) in [7, 11) is 0. The van der Waals surface area contributed by atoms with Gasteiger partial charge in [0.1, 0.15) is 0 Å². The average Bonchev–Trinajstić information content (AvgIpc) is 3.11. The molecule has 1 aliphatic carbocycles. The van der Waals surface area contributed by atoms with E-state index >= 15 is 0 Å². The van der Waals surface area contributed by atoms with Crippen LogP contribution in [0.4, 0.5) is 13.2 Å². The number of alkyl halides is 3. The summed E-state index contributed by atoms with van der Waals surface area (Å²) < 4.78 is 53.3. The van der Waals surface area contributed by atoms with E-state index in [-0.39, 0.29) is 28.6 Å². The quantitative estimate of drug-likeness (QED) is 0.600. The van der Waals surface area contributed by atoms with Crippen molar-refractivity contribution in [2.24, 2.45) is 0 Å². The van der Waals surface area contributed by atoms with Crippen molar-refractivity contribution < 1.29 is 27.4 Å². The second-order valence-corrected chi connectivity index (χ2v) is 9.11. The van der Waals surface area contributed by atoms with Crippen LogP contribution in [0.3, 0.4) is 0 Å². The van der Waals surface area contributed by atoms with Crippen molar-refractivity contribution in [1.29, 1.82) is 0 Å². The molecule has 1 N–H and O–H groups in total. The lowest BCUT2D eigenvalue weighted by Crippen LogP contribution is -2.36. The summed E-state index contributed by atoms with van der Waals surface area (Å²) in [6, 6.07) is 4.99. The first kappa shape index (κ1) is 24.1. The summed E-state index contributed by atoms with van der Waals surface area (Å²) in [6.07, 6.45) is 0.416. The van der Waals surface area contributed by atoms with Gasteiger partial charge in [-0.1, -0.05) is 30.9 Å². The van der Waals surface area contributed by atoms with Gasteiger partial charge >= 0.3 is 6.18 Å². The summed E-state index contributed by atoms with van der Waals surface area (Å²) in [6.45, 7) is 3.45. The number of ether oxygens (including phenoxy) is 2. The van der Waals surface area contributed by atoms with Crippen molar-refractivity contribution in [1.82, 2.24) is 9.88 Å². The van der Waals surface area contributed by atoms with Gasteiger partial charge in [0, 0.05) is 22.3 Å². The maximum absolute atomic E-state index is 13.4. The molecule has 1 amide bonds. The fourth-order valence-electron chi connectivity index (χ4n) is 4.59. The molecule has 2 heterocycles. The van der Waals surface area contributed by atoms with Gasteiger partial charge in [-0.3, -0.25) is 4.79 Å². The number of benzene rings is 1. The van der Waals surface area contributed by atoms with Crippen LogP contribution in [0.15, 0.2) is 24.3 Å². The van der Waals surface area contributed by atoms with Crippen LogP contribution in [-0.2, 0) is 22.2 Å². The van der Waals surface area contributed by atoms with E-state index in [0.717, 1.165) is 37.8 Å². The summed E-state index contributed by atoms with van der Waals surface area (Å²) in [5.41, 5.74) is 0.967. The predicted octanol–water partition coefficient (Wildman–Crippen LogP) is 5.61.